The molecule has 26 heteroatoms. The molecule has 26 nitrogen and oxygen atoms in total. The van der Waals surface area contributed by atoms with Gasteiger partial charge in [-0.1, -0.05) is 0 Å². The minimum atomic E-state index is -2.10. The van der Waals surface area contributed by atoms with E-state index in [9.17, 15) is 81.7 Å². The van der Waals surface area contributed by atoms with Crippen LogP contribution >= 0.6 is 0 Å². The van der Waals surface area contributed by atoms with Gasteiger partial charge in [-0.05, 0) is 0 Å². The van der Waals surface area contributed by atoms with E-state index in [0.717, 1.165) is 0 Å². The van der Waals surface area contributed by atoms with Gasteiger partial charge in [0.2, 0.25) is 0 Å². The van der Waals surface area contributed by atoms with Crippen LogP contribution in [-0.4, -0.2) is 268 Å². The van der Waals surface area contributed by atoms with Crippen molar-refractivity contribution in [1.82, 2.24) is 0 Å². The molecule has 0 radical (unpaired) electrons. The zero-order valence-corrected chi connectivity index (χ0v) is 29.4. The monoisotopic (exact) mass is 827 g/mol. The van der Waals surface area contributed by atoms with Gasteiger partial charge in [0.05, 0.1) is 39.1 Å². The molecular formula is C30H53NO25. The summed E-state index contributed by atoms with van der Waals surface area (Å²) in [5.41, 5.74) is 5.80. The zero-order chi connectivity index (χ0) is 41.3. The van der Waals surface area contributed by atoms with Crippen molar-refractivity contribution in [2.45, 2.75) is 153 Å². The summed E-state index contributed by atoms with van der Waals surface area (Å²) in [7, 11) is 0. The molecule has 5 saturated heterocycles. The standard InChI is InChI=1S/C30H53NO25/c31-11-16(40)23(9(4-35)49-26(11)47)54-29-22(46)24(55-27-20(44)17(41)12(36)6(1-32)50-27)15(39)10(53-29)5-48-30-25(19(43)14(38)8(3-34)52-30)56-28-21(45)18(42)13(37)7(2-33)51-28/h6-30,32-47H,1-5,31H2/t6-,7-,8-,9-,10-,11-,12-,13-,14-,15-,16-,17+,18+,19+,20+,21+,22+,23-,24+,25+,26+,27-,28-,29-,30+/m1/s1. The number of hydrogen-bond acceptors (Lipinski definition) is 26. The minimum absolute atomic E-state index is 0.850. The average Bonchev–Trinajstić information content (AvgIpc) is 3.19. The largest absolute Gasteiger partial charge is 0.394 e. The van der Waals surface area contributed by atoms with E-state index in [1.807, 2.05) is 0 Å². The molecule has 0 unspecified atom stereocenters. The maximum Gasteiger partial charge on any atom is 0.187 e. The third-order valence-corrected chi connectivity index (χ3v) is 10.4. The Bertz CT molecular complexity index is 1210. The third-order valence-electron chi connectivity index (χ3n) is 10.4. The van der Waals surface area contributed by atoms with Crippen molar-refractivity contribution in [1.29, 1.82) is 0 Å². The molecule has 328 valence electrons. The fourth-order valence-electron chi connectivity index (χ4n) is 6.93. The lowest BCUT2D eigenvalue weighted by Gasteiger charge is -2.49. The molecule has 0 aromatic rings. The molecular weight excluding hydrogens is 774 g/mol. The number of rotatable bonds is 13. The third kappa shape index (κ3) is 9.31. The second-order valence-corrected chi connectivity index (χ2v) is 14.1. The van der Waals surface area contributed by atoms with Crippen LogP contribution in [0.2, 0.25) is 0 Å². The highest BCUT2D eigenvalue weighted by atomic mass is 16.8. The molecule has 0 amide bonds. The molecule has 18 N–H and O–H groups in total. The van der Waals surface area contributed by atoms with Crippen molar-refractivity contribution in [3.05, 3.63) is 0 Å². The molecule has 5 fully saturated rings. The Morgan fingerprint density at radius 3 is 1.27 bits per heavy atom. The van der Waals surface area contributed by atoms with Crippen molar-refractivity contribution < 1.29 is 124 Å². The molecule has 0 spiro atoms. The Kier molecular flexibility index (Phi) is 16.1. The number of nitrogens with two attached hydrogens (primary N) is 1. The second-order valence-electron chi connectivity index (χ2n) is 14.1. The molecule has 56 heavy (non-hydrogen) atoms. The van der Waals surface area contributed by atoms with Gasteiger partial charge in [0.1, 0.15) is 116 Å². The SMILES string of the molecule is N[C@@H]1[C@@H](O)[C@H](O[C@H]2O[C@H](CO[C@H]3O[C@H](CO)[C@@H](O)[C@H](O)[C@@H]3O[C@H]3O[C@H](CO)[C@@H](O)[C@H](O)[C@@H]3O)[C@@H](O)[C@H](O[C@H]3O[C@H](CO)[C@@H](O)[C@H](O)[C@@H]3O)[C@@H]2O)[C@@H](CO)O[C@@H]1O. The Morgan fingerprint density at radius 2 is 0.768 bits per heavy atom. The lowest BCUT2D eigenvalue weighted by molar-refractivity contribution is -0.386. The van der Waals surface area contributed by atoms with E-state index in [1.54, 1.807) is 0 Å². The predicted molar refractivity (Wildman–Crippen MR) is 168 cm³/mol. The van der Waals surface area contributed by atoms with Crippen LogP contribution in [0.5, 0.6) is 0 Å². The van der Waals surface area contributed by atoms with Crippen molar-refractivity contribution >= 4 is 0 Å². The number of aliphatic hydroxyl groups excluding tert-OH is 16. The summed E-state index contributed by atoms with van der Waals surface area (Å²) < 4.78 is 50.1. The van der Waals surface area contributed by atoms with Crippen LogP contribution in [0.25, 0.3) is 0 Å². The zero-order valence-electron chi connectivity index (χ0n) is 29.4. The van der Waals surface area contributed by atoms with Gasteiger partial charge >= 0.3 is 0 Å². The number of aliphatic hydroxyl groups is 16. The van der Waals surface area contributed by atoms with Crippen molar-refractivity contribution in [2.24, 2.45) is 5.73 Å². The first kappa shape index (κ1) is 46.0. The predicted octanol–water partition coefficient (Wildman–Crippen LogP) is -12.0. The van der Waals surface area contributed by atoms with Gasteiger partial charge in [-0.3, -0.25) is 0 Å². The van der Waals surface area contributed by atoms with E-state index in [4.69, 9.17) is 48.4 Å². The van der Waals surface area contributed by atoms with E-state index in [-0.39, 0.29) is 0 Å². The molecule has 5 rings (SSSR count). The molecule has 5 aliphatic heterocycles. The second kappa shape index (κ2) is 19.6. The van der Waals surface area contributed by atoms with Crippen molar-refractivity contribution in [2.75, 3.05) is 33.0 Å². The molecule has 0 aromatic heterocycles. The van der Waals surface area contributed by atoms with Gasteiger partial charge in [0, 0.05) is 0 Å². The summed E-state index contributed by atoms with van der Waals surface area (Å²) in [4.78, 5) is 0. The highest BCUT2D eigenvalue weighted by Gasteiger charge is 2.55. The first-order valence-corrected chi connectivity index (χ1v) is 17.7. The Hall–Kier alpha value is -1.04. The van der Waals surface area contributed by atoms with Crippen LogP contribution in [0.1, 0.15) is 0 Å². The molecule has 5 aliphatic rings. The minimum Gasteiger partial charge on any atom is -0.394 e. The summed E-state index contributed by atoms with van der Waals surface area (Å²) in [5, 5.41) is 166. The molecule has 5 heterocycles. The Balaban J connectivity index is 1.40. The van der Waals surface area contributed by atoms with Crippen LogP contribution < -0.4 is 5.73 Å². The normalized spacial score (nSPS) is 53.2. The van der Waals surface area contributed by atoms with Gasteiger partial charge in [-0.15, -0.1) is 0 Å². The summed E-state index contributed by atoms with van der Waals surface area (Å²) in [6.45, 7) is -4.34. The number of ether oxygens (including phenoxy) is 9. The van der Waals surface area contributed by atoms with E-state index in [2.05, 4.69) is 0 Å². The summed E-state index contributed by atoms with van der Waals surface area (Å²) >= 11 is 0. The fraction of sp³-hybridized carbons (Fsp3) is 1.00. The van der Waals surface area contributed by atoms with Crippen LogP contribution in [0.15, 0.2) is 0 Å². The summed E-state index contributed by atoms with van der Waals surface area (Å²) in [6.07, 6.45) is -43.8. The molecule has 0 aromatic carbocycles. The van der Waals surface area contributed by atoms with Crippen LogP contribution in [0, 0.1) is 0 Å². The van der Waals surface area contributed by atoms with E-state index in [0.29, 0.717) is 0 Å². The topological polar surface area (TPSA) is 433 Å². The van der Waals surface area contributed by atoms with Crippen LogP contribution in [0.4, 0.5) is 0 Å². The van der Waals surface area contributed by atoms with Gasteiger partial charge in [-0.25, -0.2) is 0 Å². The first-order valence-electron chi connectivity index (χ1n) is 17.7. The smallest absolute Gasteiger partial charge is 0.187 e. The summed E-state index contributed by atoms with van der Waals surface area (Å²) in [6, 6.07) is -1.50. The quantitative estimate of drug-likeness (QED) is 0.0819. The van der Waals surface area contributed by atoms with Crippen molar-refractivity contribution in [3.8, 4) is 0 Å². The van der Waals surface area contributed by atoms with E-state index >= 15 is 0 Å². The van der Waals surface area contributed by atoms with Crippen LogP contribution in [0.3, 0.4) is 0 Å². The van der Waals surface area contributed by atoms with Crippen LogP contribution in [-0.2, 0) is 42.6 Å². The van der Waals surface area contributed by atoms with Gasteiger partial charge in [0.15, 0.2) is 31.5 Å². The molecule has 25 atom stereocenters. The average molecular weight is 828 g/mol. The maximum absolute atomic E-state index is 11.5. The van der Waals surface area contributed by atoms with E-state index in [1.165, 1.54) is 0 Å². The number of hydrogen-bond donors (Lipinski definition) is 17. The van der Waals surface area contributed by atoms with E-state index < -0.39 is 187 Å². The summed E-state index contributed by atoms with van der Waals surface area (Å²) in [5.74, 6) is 0. The highest BCUT2D eigenvalue weighted by molar-refractivity contribution is 4.98. The Morgan fingerprint density at radius 1 is 0.357 bits per heavy atom. The molecule has 0 saturated carbocycles. The van der Waals surface area contributed by atoms with Gasteiger partial charge in [-0.2, -0.15) is 0 Å². The Labute approximate surface area is 316 Å². The maximum atomic E-state index is 11.5. The van der Waals surface area contributed by atoms with Gasteiger partial charge < -0.3 is 130 Å². The van der Waals surface area contributed by atoms with Crippen molar-refractivity contribution in [3.63, 3.8) is 0 Å². The molecule has 0 bridgehead atoms. The molecule has 0 aliphatic carbocycles. The lowest BCUT2D eigenvalue weighted by atomic mass is 9.95. The lowest BCUT2D eigenvalue weighted by Crippen LogP contribution is -2.68. The highest BCUT2D eigenvalue weighted by Crippen LogP contribution is 2.34. The fourth-order valence-corrected chi connectivity index (χ4v) is 6.93. The van der Waals surface area contributed by atoms with Gasteiger partial charge in [0.25, 0.3) is 0 Å². The first-order chi connectivity index (χ1) is 26.5.